The molecule has 3 heterocycles. The van der Waals surface area contributed by atoms with Crippen molar-refractivity contribution in [1.82, 2.24) is 20.5 Å². The van der Waals surface area contributed by atoms with Crippen LogP contribution < -0.4 is 15.5 Å². The zero-order valence-electron chi connectivity index (χ0n) is 19.6. The number of alkyl carbamates (subject to hydrolysis) is 1. The molecule has 10 heteroatoms. The number of anilines is 1. The van der Waals surface area contributed by atoms with Gasteiger partial charge in [0.25, 0.3) is 0 Å². The Morgan fingerprint density at radius 3 is 2.75 bits per heavy atom. The van der Waals surface area contributed by atoms with Gasteiger partial charge in [-0.15, -0.1) is 24.0 Å². The molecule has 2 saturated heterocycles. The summed E-state index contributed by atoms with van der Waals surface area (Å²) < 4.78 is 10.9. The minimum atomic E-state index is -0.499. The predicted octanol–water partition coefficient (Wildman–Crippen LogP) is 2.60. The molecule has 0 bridgehead atoms. The lowest BCUT2D eigenvalue weighted by Gasteiger charge is -2.29. The van der Waals surface area contributed by atoms with Gasteiger partial charge in [-0.25, -0.2) is 14.8 Å². The maximum Gasteiger partial charge on any atom is 0.407 e. The number of ether oxygens (including phenoxy) is 2. The molecule has 180 valence electrons. The van der Waals surface area contributed by atoms with E-state index in [4.69, 9.17) is 14.5 Å². The molecule has 1 atom stereocenters. The number of halogens is 1. The van der Waals surface area contributed by atoms with Gasteiger partial charge >= 0.3 is 6.09 Å². The fraction of sp³-hybridized carbons (Fsp3) is 0.682. The lowest BCUT2D eigenvalue weighted by molar-refractivity contribution is 0.0507. The van der Waals surface area contributed by atoms with Crippen LogP contribution in [0.1, 0.15) is 39.7 Å². The average molecular weight is 560 g/mol. The van der Waals surface area contributed by atoms with Crippen molar-refractivity contribution in [3.63, 3.8) is 0 Å². The summed E-state index contributed by atoms with van der Waals surface area (Å²) in [7, 11) is 0. The summed E-state index contributed by atoms with van der Waals surface area (Å²) in [6.45, 7) is 13.7. The molecule has 0 spiro atoms. The highest BCUT2D eigenvalue weighted by Crippen LogP contribution is 2.20. The van der Waals surface area contributed by atoms with E-state index in [0.29, 0.717) is 13.1 Å². The van der Waals surface area contributed by atoms with Gasteiger partial charge in [0.1, 0.15) is 11.4 Å². The zero-order chi connectivity index (χ0) is 22.3. The molecule has 1 unspecified atom stereocenters. The first-order valence-corrected chi connectivity index (χ1v) is 11.1. The van der Waals surface area contributed by atoms with Crippen molar-refractivity contribution < 1.29 is 14.3 Å². The van der Waals surface area contributed by atoms with E-state index in [9.17, 15) is 4.79 Å². The largest absolute Gasteiger partial charge is 0.444 e. The molecule has 2 aliphatic heterocycles. The van der Waals surface area contributed by atoms with E-state index in [1.807, 2.05) is 33.0 Å². The van der Waals surface area contributed by atoms with Crippen molar-refractivity contribution in [2.45, 2.75) is 52.3 Å². The number of carbonyl (C=O) groups is 1. The molecule has 0 radical (unpaired) electrons. The van der Waals surface area contributed by atoms with Crippen molar-refractivity contribution in [2.75, 3.05) is 50.8 Å². The van der Waals surface area contributed by atoms with Crippen LogP contribution in [-0.4, -0.2) is 79.5 Å². The highest BCUT2D eigenvalue weighted by molar-refractivity contribution is 14.0. The quantitative estimate of drug-likeness (QED) is 0.325. The van der Waals surface area contributed by atoms with Crippen molar-refractivity contribution in [3.8, 4) is 0 Å². The number of amides is 1. The molecule has 2 N–H and O–H groups in total. The van der Waals surface area contributed by atoms with E-state index in [-0.39, 0.29) is 36.1 Å². The predicted molar refractivity (Wildman–Crippen MR) is 137 cm³/mol. The van der Waals surface area contributed by atoms with Gasteiger partial charge in [-0.3, -0.25) is 0 Å². The first kappa shape index (κ1) is 26.4. The van der Waals surface area contributed by atoms with Gasteiger partial charge in [0.05, 0.1) is 25.8 Å². The number of guanidine groups is 1. The number of rotatable bonds is 5. The number of hydrogen-bond acceptors (Lipinski definition) is 6. The molecule has 1 aromatic rings. The smallest absolute Gasteiger partial charge is 0.407 e. The second-order valence-corrected chi connectivity index (χ2v) is 8.83. The molecule has 1 aromatic heterocycles. The molecule has 2 aliphatic rings. The normalized spacial score (nSPS) is 19.4. The van der Waals surface area contributed by atoms with Crippen LogP contribution in [0.4, 0.5) is 10.6 Å². The standard InChI is InChI=1S/C22H36N6O3.HI/c1-5-23-20(28-10-8-18(16-28)26-21(29)31-22(2,3)4)25-15-17-7-6-9-24-19(17)27-11-13-30-14-12-27;/h6-7,9,18H,5,8,10-16H2,1-4H3,(H,23,25)(H,26,29);1H. The third-order valence-electron chi connectivity index (χ3n) is 5.12. The van der Waals surface area contributed by atoms with E-state index in [0.717, 1.165) is 63.2 Å². The highest BCUT2D eigenvalue weighted by Gasteiger charge is 2.28. The van der Waals surface area contributed by atoms with E-state index in [1.54, 1.807) is 0 Å². The van der Waals surface area contributed by atoms with E-state index < -0.39 is 5.60 Å². The number of likely N-dealkylation sites (tertiary alicyclic amines) is 1. The van der Waals surface area contributed by atoms with Gasteiger partial charge in [-0.1, -0.05) is 6.07 Å². The van der Waals surface area contributed by atoms with Crippen molar-refractivity contribution in [2.24, 2.45) is 4.99 Å². The summed E-state index contributed by atoms with van der Waals surface area (Å²) in [4.78, 5) is 26.0. The van der Waals surface area contributed by atoms with Gasteiger partial charge in [-0.2, -0.15) is 0 Å². The molecular weight excluding hydrogens is 523 g/mol. The zero-order valence-corrected chi connectivity index (χ0v) is 21.9. The Morgan fingerprint density at radius 1 is 1.31 bits per heavy atom. The van der Waals surface area contributed by atoms with Crippen LogP contribution in [-0.2, 0) is 16.0 Å². The van der Waals surface area contributed by atoms with Gasteiger partial charge in [0.2, 0.25) is 0 Å². The molecule has 2 fully saturated rings. The number of hydrogen-bond donors (Lipinski definition) is 2. The second-order valence-electron chi connectivity index (χ2n) is 8.83. The molecule has 3 rings (SSSR count). The van der Waals surface area contributed by atoms with Crippen LogP contribution in [0.2, 0.25) is 0 Å². The Hall–Kier alpha value is -1.82. The van der Waals surface area contributed by atoms with Crippen molar-refractivity contribution >= 4 is 41.8 Å². The minimum Gasteiger partial charge on any atom is -0.444 e. The lowest BCUT2D eigenvalue weighted by atomic mass is 10.2. The van der Waals surface area contributed by atoms with Gasteiger partial charge in [-0.05, 0) is 40.2 Å². The topological polar surface area (TPSA) is 91.3 Å². The highest BCUT2D eigenvalue weighted by atomic mass is 127. The Kier molecular flexibility index (Phi) is 10.3. The summed E-state index contributed by atoms with van der Waals surface area (Å²) in [5.41, 5.74) is 0.600. The maximum atomic E-state index is 12.1. The number of pyridine rings is 1. The Bertz CT molecular complexity index is 764. The Morgan fingerprint density at radius 2 is 2.06 bits per heavy atom. The van der Waals surface area contributed by atoms with Gasteiger partial charge < -0.3 is 29.9 Å². The molecule has 1 amide bonds. The SMILES string of the molecule is CCNC(=NCc1cccnc1N1CCOCC1)N1CCC(NC(=O)OC(C)(C)C)C1.I. The summed E-state index contributed by atoms with van der Waals surface area (Å²) in [6.07, 6.45) is 2.32. The minimum absolute atomic E-state index is 0. The summed E-state index contributed by atoms with van der Waals surface area (Å²) in [5, 5.41) is 6.36. The molecule has 0 aliphatic carbocycles. The van der Waals surface area contributed by atoms with Crippen LogP contribution in [0.3, 0.4) is 0 Å². The number of morpholine rings is 1. The first-order valence-electron chi connectivity index (χ1n) is 11.1. The fourth-order valence-corrected chi connectivity index (χ4v) is 3.74. The fourth-order valence-electron chi connectivity index (χ4n) is 3.74. The number of nitrogens with zero attached hydrogens (tertiary/aromatic N) is 4. The molecule has 9 nitrogen and oxygen atoms in total. The summed E-state index contributed by atoms with van der Waals surface area (Å²) in [6, 6.07) is 4.08. The maximum absolute atomic E-state index is 12.1. The van der Waals surface area contributed by atoms with Crippen molar-refractivity contribution in [1.29, 1.82) is 0 Å². The number of nitrogens with one attached hydrogen (secondary N) is 2. The van der Waals surface area contributed by atoms with Gasteiger partial charge in [0, 0.05) is 44.5 Å². The molecular formula is C22H37IN6O3. The van der Waals surface area contributed by atoms with Gasteiger partial charge in [0.15, 0.2) is 5.96 Å². The Labute approximate surface area is 208 Å². The van der Waals surface area contributed by atoms with E-state index in [2.05, 4.69) is 38.4 Å². The monoisotopic (exact) mass is 560 g/mol. The molecule has 0 saturated carbocycles. The summed E-state index contributed by atoms with van der Waals surface area (Å²) >= 11 is 0. The van der Waals surface area contributed by atoms with Crippen molar-refractivity contribution in [3.05, 3.63) is 23.9 Å². The third kappa shape index (κ3) is 7.95. The van der Waals surface area contributed by atoms with Crippen LogP contribution in [0.25, 0.3) is 0 Å². The van der Waals surface area contributed by atoms with E-state index in [1.165, 1.54) is 0 Å². The number of aromatic nitrogens is 1. The summed E-state index contributed by atoms with van der Waals surface area (Å²) in [5.74, 6) is 1.84. The van der Waals surface area contributed by atoms with Crippen LogP contribution in [0, 0.1) is 0 Å². The van der Waals surface area contributed by atoms with Crippen LogP contribution >= 0.6 is 24.0 Å². The second kappa shape index (κ2) is 12.4. The first-order chi connectivity index (χ1) is 14.9. The van der Waals surface area contributed by atoms with E-state index >= 15 is 0 Å². The van der Waals surface area contributed by atoms with Crippen LogP contribution in [0.5, 0.6) is 0 Å². The average Bonchev–Trinajstić information content (AvgIpc) is 3.18. The molecule has 0 aromatic carbocycles. The lowest BCUT2D eigenvalue weighted by Crippen LogP contribution is -2.44. The number of carbonyl (C=O) groups excluding carboxylic acids is 1. The van der Waals surface area contributed by atoms with Crippen LogP contribution in [0.15, 0.2) is 23.3 Å². The Balaban J connectivity index is 0.00000363. The third-order valence-corrected chi connectivity index (χ3v) is 5.12. The molecule has 32 heavy (non-hydrogen) atoms. The number of aliphatic imine (C=N–C) groups is 1.